The molecule has 0 atom stereocenters. The fourth-order valence-corrected chi connectivity index (χ4v) is 2.40. The van der Waals surface area contributed by atoms with Crippen molar-refractivity contribution in [1.29, 1.82) is 5.26 Å². The molecule has 1 heterocycles. The summed E-state index contributed by atoms with van der Waals surface area (Å²) in [5.41, 5.74) is -0.456. The first kappa shape index (κ1) is 12.7. The zero-order valence-corrected chi connectivity index (χ0v) is 9.84. The number of aromatic nitrogens is 1. The van der Waals surface area contributed by atoms with Gasteiger partial charge in [-0.15, -0.1) is 0 Å². The molecule has 0 aliphatic heterocycles. The number of fused-ring (bicyclic) bond motifs is 1. The summed E-state index contributed by atoms with van der Waals surface area (Å²) in [6, 6.07) is 1.61. The number of pyridine rings is 1. The molecule has 0 saturated heterocycles. The Morgan fingerprint density at radius 3 is 2.56 bits per heavy atom. The Hall–Kier alpha value is -1.77. The molecule has 0 fully saturated rings. The summed E-state index contributed by atoms with van der Waals surface area (Å²) in [4.78, 5) is 5.02. The van der Waals surface area contributed by atoms with Crippen LogP contribution in [-0.4, -0.2) is 7.11 Å². The Bertz CT molecular complexity index is 518. The number of halogens is 3. The summed E-state index contributed by atoms with van der Waals surface area (Å²) in [6.07, 6.45) is -0.971. The van der Waals surface area contributed by atoms with Gasteiger partial charge < -0.3 is 0 Å². The van der Waals surface area contributed by atoms with Crippen LogP contribution in [0.1, 0.15) is 35.2 Å². The van der Waals surface area contributed by atoms with Crippen LogP contribution in [0.5, 0.6) is 0 Å². The van der Waals surface area contributed by atoms with E-state index in [1.807, 2.05) is 0 Å². The first-order valence-corrected chi connectivity index (χ1v) is 5.61. The molecule has 6 heteroatoms. The maximum absolute atomic E-state index is 13.1. The summed E-state index contributed by atoms with van der Waals surface area (Å²) in [7, 11) is 1.38. The van der Waals surface area contributed by atoms with E-state index in [1.165, 1.54) is 11.8 Å². The molecule has 0 saturated carbocycles. The molecule has 1 aromatic heterocycles. The van der Waals surface area contributed by atoms with Gasteiger partial charge in [0.25, 0.3) is 0 Å². The lowest BCUT2D eigenvalue weighted by molar-refractivity contribution is -0.891. The third kappa shape index (κ3) is 2.01. The van der Waals surface area contributed by atoms with E-state index in [-0.39, 0.29) is 11.1 Å². The van der Waals surface area contributed by atoms with E-state index in [2.05, 4.69) is 0 Å². The second-order valence-corrected chi connectivity index (χ2v) is 4.17. The van der Waals surface area contributed by atoms with Crippen molar-refractivity contribution in [2.75, 3.05) is 7.11 Å². The maximum Gasteiger partial charge on any atom is 0.418 e. The van der Waals surface area contributed by atoms with Crippen LogP contribution in [0.4, 0.5) is 13.2 Å². The smallest absolute Gasteiger partial charge is 0.274 e. The van der Waals surface area contributed by atoms with Crippen LogP contribution in [-0.2, 0) is 19.0 Å². The van der Waals surface area contributed by atoms with Gasteiger partial charge in [0.2, 0.25) is 11.9 Å². The Kier molecular flexibility index (Phi) is 3.16. The fourth-order valence-electron chi connectivity index (χ4n) is 2.40. The quantitative estimate of drug-likeness (QED) is 0.719. The SMILES string of the molecule is CO[n+]1cc(C#N)c(C(F)(F)F)c2c1CCCC2. The summed E-state index contributed by atoms with van der Waals surface area (Å²) in [5.74, 6) is 0. The van der Waals surface area contributed by atoms with E-state index in [4.69, 9.17) is 10.1 Å². The molecule has 1 aliphatic rings. The third-order valence-corrected chi connectivity index (χ3v) is 3.12. The first-order valence-electron chi connectivity index (χ1n) is 5.61. The topological polar surface area (TPSA) is 36.9 Å². The highest BCUT2D eigenvalue weighted by Crippen LogP contribution is 2.37. The highest BCUT2D eigenvalue weighted by molar-refractivity contribution is 5.43. The lowest BCUT2D eigenvalue weighted by atomic mass is 9.90. The van der Waals surface area contributed by atoms with Crippen LogP contribution in [0, 0.1) is 11.3 Å². The molecule has 3 nitrogen and oxygen atoms in total. The zero-order chi connectivity index (χ0) is 13.3. The van der Waals surface area contributed by atoms with Gasteiger partial charge in [0.15, 0.2) is 0 Å². The van der Waals surface area contributed by atoms with Gasteiger partial charge in [-0.2, -0.15) is 18.4 Å². The number of nitrogens with zero attached hydrogens (tertiary/aromatic N) is 2. The zero-order valence-electron chi connectivity index (χ0n) is 9.84. The predicted molar refractivity (Wildman–Crippen MR) is 55.5 cm³/mol. The molecule has 1 aromatic rings. The minimum absolute atomic E-state index is 0.203. The first-order chi connectivity index (χ1) is 8.49. The molecule has 0 amide bonds. The molecule has 0 N–H and O–H groups in total. The van der Waals surface area contributed by atoms with Gasteiger partial charge in [-0.25, -0.2) is 0 Å². The largest absolute Gasteiger partial charge is 0.418 e. The van der Waals surface area contributed by atoms with Gasteiger partial charge in [-0.1, -0.05) is 0 Å². The van der Waals surface area contributed by atoms with Crippen LogP contribution < -0.4 is 9.57 Å². The van der Waals surface area contributed by atoms with Crippen molar-refractivity contribution in [3.63, 3.8) is 0 Å². The van der Waals surface area contributed by atoms with E-state index in [0.29, 0.717) is 25.0 Å². The van der Waals surface area contributed by atoms with Crippen LogP contribution in [0.15, 0.2) is 6.20 Å². The second kappa shape index (κ2) is 4.48. The molecule has 0 radical (unpaired) electrons. The predicted octanol–water partition coefficient (Wildman–Crippen LogP) is 1.80. The molecule has 18 heavy (non-hydrogen) atoms. The number of hydrogen-bond acceptors (Lipinski definition) is 2. The average Bonchev–Trinajstić information content (AvgIpc) is 2.35. The van der Waals surface area contributed by atoms with Gasteiger partial charge in [0.05, 0.1) is 5.56 Å². The molecule has 0 aromatic carbocycles. The lowest BCUT2D eigenvalue weighted by Crippen LogP contribution is -2.47. The minimum Gasteiger partial charge on any atom is -0.274 e. The van der Waals surface area contributed by atoms with E-state index >= 15 is 0 Å². The average molecular weight is 257 g/mol. The van der Waals surface area contributed by atoms with Crippen molar-refractivity contribution in [3.05, 3.63) is 28.6 Å². The second-order valence-electron chi connectivity index (χ2n) is 4.17. The third-order valence-electron chi connectivity index (χ3n) is 3.12. The van der Waals surface area contributed by atoms with Crippen LogP contribution in [0.3, 0.4) is 0 Å². The summed E-state index contributed by atoms with van der Waals surface area (Å²) >= 11 is 0. The van der Waals surface area contributed by atoms with Crippen molar-refractivity contribution >= 4 is 0 Å². The molecule has 96 valence electrons. The van der Waals surface area contributed by atoms with Crippen molar-refractivity contribution in [2.45, 2.75) is 31.9 Å². The highest BCUT2D eigenvalue weighted by atomic mass is 19.4. The Balaban J connectivity index is 2.75. The van der Waals surface area contributed by atoms with Crippen molar-refractivity contribution in [2.24, 2.45) is 0 Å². The van der Waals surface area contributed by atoms with E-state index in [9.17, 15) is 13.2 Å². The molecular weight excluding hydrogens is 245 g/mol. The minimum atomic E-state index is -4.50. The van der Waals surface area contributed by atoms with Gasteiger partial charge in [0.1, 0.15) is 18.7 Å². The lowest BCUT2D eigenvalue weighted by Gasteiger charge is -2.18. The van der Waals surface area contributed by atoms with Gasteiger partial charge >= 0.3 is 6.18 Å². The molecule has 0 bridgehead atoms. The van der Waals surface area contributed by atoms with Crippen LogP contribution in [0.2, 0.25) is 0 Å². The number of nitriles is 1. The maximum atomic E-state index is 13.1. The van der Waals surface area contributed by atoms with Gasteiger partial charge in [0, 0.05) is 16.7 Å². The normalized spacial score (nSPS) is 14.8. The van der Waals surface area contributed by atoms with E-state index in [1.54, 1.807) is 6.07 Å². The van der Waals surface area contributed by atoms with Crippen LogP contribution >= 0.6 is 0 Å². The van der Waals surface area contributed by atoms with Crippen molar-refractivity contribution < 1.29 is 22.7 Å². The molecule has 0 unspecified atom stereocenters. The van der Waals surface area contributed by atoms with Crippen LogP contribution in [0.25, 0.3) is 0 Å². The number of rotatable bonds is 1. The standard InChI is InChI=1S/C12H12F3N2O/c1-18-17-7-8(6-16)11(12(13,14)15)9-4-2-3-5-10(9)17/h7H,2-5H2,1H3/q+1. The van der Waals surface area contributed by atoms with E-state index in [0.717, 1.165) is 12.6 Å². The van der Waals surface area contributed by atoms with E-state index < -0.39 is 11.7 Å². The number of alkyl halides is 3. The fraction of sp³-hybridized carbons (Fsp3) is 0.500. The van der Waals surface area contributed by atoms with Crippen molar-refractivity contribution in [1.82, 2.24) is 0 Å². The summed E-state index contributed by atoms with van der Waals surface area (Å²) < 4.78 is 40.5. The van der Waals surface area contributed by atoms with Gasteiger partial charge in [-0.3, -0.25) is 4.84 Å². The molecule has 1 aliphatic carbocycles. The molecule has 2 rings (SSSR count). The molecule has 0 spiro atoms. The summed E-state index contributed by atoms with van der Waals surface area (Å²) in [5, 5.41) is 8.88. The Morgan fingerprint density at radius 1 is 1.33 bits per heavy atom. The summed E-state index contributed by atoms with van der Waals surface area (Å²) in [6.45, 7) is 0. The van der Waals surface area contributed by atoms with Gasteiger partial charge in [-0.05, 0) is 19.3 Å². The van der Waals surface area contributed by atoms with Crippen molar-refractivity contribution in [3.8, 4) is 6.07 Å². The number of hydrogen-bond donors (Lipinski definition) is 0. The Morgan fingerprint density at radius 2 is 2.00 bits per heavy atom. The molecular formula is C12H12F3N2O+. The Labute approximate surface area is 102 Å². The monoisotopic (exact) mass is 257 g/mol. The highest BCUT2D eigenvalue weighted by Gasteiger charge is 2.42.